The predicted molar refractivity (Wildman–Crippen MR) is 321 cm³/mol. The number of ketones is 1. The second-order valence-corrected chi connectivity index (χ2v) is 23.4. The Bertz CT molecular complexity index is 4990. The molecular weight excluding hydrogens is 1260 g/mol. The Kier molecular flexibility index (Phi) is 18.1. The van der Waals surface area contributed by atoms with Crippen molar-refractivity contribution in [3.8, 4) is 57.4 Å². The highest BCUT2D eigenvalue weighted by Crippen LogP contribution is 2.30. The maximum absolute atomic E-state index is 14.2. The number of halogens is 6. The van der Waals surface area contributed by atoms with Crippen molar-refractivity contribution in [3.63, 3.8) is 0 Å². The number of aliphatic imine (C=N–C) groups is 1. The molecule has 0 amide bonds. The average molecular weight is 1310 g/mol. The van der Waals surface area contributed by atoms with Gasteiger partial charge in [-0.1, -0.05) is 76.7 Å². The van der Waals surface area contributed by atoms with E-state index < -0.39 is 61.6 Å². The van der Waals surface area contributed by atoms with Crippen LogP contribution in [0.2, 0.25) is 0 Å². The molecule has 1 saturated heterocycles. The normalized spacial score (nSPS) is 13.3. The predicted octanol–water partition coefficient (Wildman–Crippen LogP) is 10.5. The summed E-state index contributed by atoms with van der Waals surface area (Å²) in [5, 5.41) is 20.9. The molecule has 0 radical (unpaired) electrons. The van der Waals surface area contributed by atoms with Crippen LogP contribution in [0, 0.1) is 29.1 Å². The lowest BCUT2D eigenvalue weighted by atomic mass is 10.1. The number of aromatic amines is 2. The van der Waals surface area contributed by atoms with Crippen molar-refractivity contribution in [2.75, 3.05) is 13.1 Å². The van der Waals surface area contributed by atoms with E-state index in [1.54, 1.807) is 59.3 Å². The lowest BCUT2D eigenvalue weighted by Gasteiger charge is -2.14. The Labute approximate surface area is 524 Å². The topological polar surface area (TPSA) is 290 Å². The second kappa shape index (κ2) is 27.1. The van der Waals surface area contributed by atoms with Gasteiger partial charge < -0.3 is 23.4 Å². The van der Waals surface area contributed by atoms with Gasteiger partial charge in [0, 0.05) is 59.1 Å². The highest BCUT2D eigenvalue weighted by molar-refractivity contribution is 7.99. The van der Waals surface area contributed by atoms with E-state index >= 15 is 0 Å². The summed E-state index contributed by atoms with van der Waals surface area (Å²) in [6.45, 7) is 0.566. The lowest BCUT2D eigenvalue weighted by Crippen LogP contribution is -2.32. The Balaban J connectivity index is 0.000000135. The third kappa shape index (κ3) is 13.8. The minimum absolute atomic E-state index is 0.0809. The van der Waals surface area contributed by atoms with E-state index in [1.807, 2.05) is 30.3 Å². The molecule has 14 rings (SSSR count). The number of carbonyl (C=O) groups is 1. The van der Waals surface area contributed by atoms with E-state index in [4.69, 9.17) is 13.5 Å². The van der Waals surface area contributed by atoms with Crippen LogP contribution in [-0.4, -0.2) is 102 Å². The number of carbonyl (C=O) groups excluding carboxylic acids is 1. The van der Waals surface area contributed by atoms with Crippen LogP contribution in [0.1, 0.15) is 41.6 Å². The molecule has 0 spiro atoms. The summed E-state index contributed by atoms with van der Waals surface area (Å²) in [5.74, 6) is -5.22. The standard InChI is InChI=1S/C23H16FN5O2S.C21H19FN6O4S.C18H10F4N4O2/c24-17-9-5-4-6-15(17)14-29-19(23-25-10-11-31-23)12-18(28-29)21-26-13-20(22(30)27-21)32-16-7-2-1-3-8-16;22-15-6-2-1-5-14(15)13-28-18(16-7-10-32-26-16)11-17(25-28)20-23-12-19(21(29)24-20)33(30,31)27-8-3-4-9-27;19-10-1-2-11(20)18(22)9(10)8-26-16(13-3-4-28-25-13)5-15(24-26)14-6-17(27)12(21)7-23-14/h1-13H,14H2,(H,26,27,30);1-2,5-7,10-12H,3-4,8-9,13H2,(H,23,24,29);1-5,7H,6,8H2. The van der Waals surface area contributed by atoms with Crippen molar-refractivity contribution >= 4 is 33.3 Å². The van der Waals surface area contributed by atoms with E-state index in [1.165, 1.54) is 80.9 Å². The molecule has 23 nitrogen and oxygen atoms in total. The average Bonchev–Trinajstić information content (AvgIpc) is 1.23. The SMILES string of the molecule is O=C1CC(c2cc(-c3ccon3)n(Cc3c(F)ccc(F)c3F)n2)=NC=C1F.O=c1[nH]c(-c2cc(-c3ccon3)n(Cc3ccccc3F)n2)ncc1S(=O)(=O)N1CCCC1.O=c1[nH]c(-c2cc(-c3ncco3)n(Cc3ccccc3F)n2)ncc1Sc1ccccc1. The fourth-order valence-electron chi connectivity index (χ4n) is 9.66. The van der Waals surface area contributed by atoms with Gasteiger partial charge >= 0.3 is 0 Å². The largest absolute Gasteiger partial charge is 0.443 e. The Morgan fingerprint density at radius 2 is 1.12 bits per heavy atom. The first-order chi connectivity index (χ1) is 45.0. The summed E-state index contributed by atoms with van der Waals surface area (Å²) in [6.07, 6.45) is 10.2. The Hall–Kier alpha value is -11.2. The first-order valence-electron chi connectivity index (χ1n) is 28.0. The van der Waals surface area contributed by atoms with Gasteiger partial charge in [-0.05, 0) is 61.4 Å². The van der Waals surface area contributed by atoms with E-state index in [-0.39, 0.29) is 65.3 Å². The van der Waals surface area contributed by atoms with Gasteiger partial charge in [-0.2, -0.15) is 19.6 Å². The van der Waals surface area contributed by atoms with Crippen LogP contribution < -0.4 is 11.1 Å². The van der Waals surface area contributed by atoms with E-state index in [0.717, 1.165) is 36.2 Å². The molecule has 8 aromatic heterocycles. The number of hydrogen-bond donors (Lipinski definition) is 2. The molecule has 2 aliphatic rings. The van der Waals surface area contributed by atoms with Gasteiger partial charge in [-0.25, -0.2) is 49.7 Å². The van der Waals surface area contributed by atoms with Crippen LogP contribution in [0.25, 0.3) is 57.4 Å². The maximum atomic E-state index is 14.2. The number of allylic oxidation sites excluding steroid dienone is 1. The number of oxazole rings is 1. The van der Waals surface area contributed by atoms with E-state index in [9.17, 15) is 49.1 Å². The van der Waals surface area contributed by atoms with Crippen molar-refractivity contribution in [1.29, 1.82) is 0 Å². The van der Waals surface area contributed by atoms with Gasteiger partial charge in [0.15, 0.2) is 39.8 Å². The number of nitrogens with zero attached hydrogens (tertiary/aromatic N) is 13. The van der Waals surface area contributed by atoms with Crippen molar-refractivity contribution < 1.29 is 53.0 Å². The van der Waals surface area contributed by atoms with E-state index in [0.29, 0.717) is 75.4 Å². The molecule has 4 aromatic carbocycles. The zero-order valence-corrected chi connectivity index (χ0v) is 49.5. The van der Waals surface area contributed by atoms with Gasteiger partial charge in [0.05, 0.1) is 66.6 Å². The van der Waals surface area contributed by atoms with Crippen molar-refractivity contribution in [1.82, 2.24) is 68.9 Å². The van der Waals surface area contributed by atoms with Gasteiger partial charge in [-0.15, -0.1) is 0 Å². The number of hydrogen-bond acceptors (Lipinski definition) is 18. The van der Waals surface area contributed by atoms with Crippen LogP contribution in [0.5, 0.6) is 0 Å². The second-order valence-electron chi connectivity index (χ2n) is 20.4. The van der Waals surface area contributed by atoms with Crippen molar-refractivity contribution in [3.05, 3.63) is 243 Å². The number of sulfonamides is 1. The maximum Gasteiger partial charge on any atom is 0.271 e. The monoisotopic (exact) mass is 1310 g/mol. The highest BCUT2D eigenvalue weighted by Gasteiger charge is 2.31. The summed E-state index contributed by atoms with van der Waals surface area (Å²) in [6, 6.07) is 31.8. The van der Waals surface area contributed by atoms with Gasteiger partial charge in [0.25, 0.3) is 11.1 Å². The molecule has 0 unspecified atom stereocenters. The summed E-state index contributed by atoms with van der Waals surface area (Å²) >= 11 is 1.33. The first kappa shape index (κ1) is 62.0. The fourth-order valence-corrected chi connectivity index (χ4v) is 11.9. The number of H-pyrrole nitrogens is 2. The van der Waals surface area contributed by atoms with Gasteiger partial charge in [-0.3, -0.25) is 33.4 Å². The molecule has 470 valence electrons. The van der Waals surface area contributed by atoms with E-state index in [2.05, 4.69) is 55.5 Å². The molecule has 93 heavy (non-hydrogen) atoms. The molecule has 1 fully saturated rings. The Morgan fingerprint density at radius 3 is 1.70 bits per heavy atom. The summed E-state index contributed by atoms with van der Waals surface area (Å²) in [7, 11) is -3.91. The first-order valence-corrected chi connectivity index (χ1v) is 30.2. The van der Waals surface area contributed by atoms with Crippen molar-refractivity contribution in [2.24, 2.45) is 4.99 Å². The summed E-state index contributed by atoms with van der Waals surface area (Å²) in [5.41, 5.74) is 2.43. The molecule has 0 bridgehead atoms. The zero-order valence-electron chi connectivity index (χ0n) is 47.9. The molecule has 0 saturated carbocycles. The molecule has 12 aromatic rings. The van der Waals surface area contributed by atoms with Gasteiger partial charge in [0.2, 0.25) is 15.9 Å². The Morgan fingerprint density at radius 1 is 0.559 bits per heavy atom. The van der Waals surface area contributed by atoms with Crippen molar-refractivity contribution in [2.45, 2.75) is 53.6 Å². The smallest absolute Gasteiger partial charge is 0.271 e. The molecule has 0 atom stereocenters. The van der Waals surface area contributed by atoms with Crippen LogP contribution in [0.4, 0.5) is 26.3 Å². The molecular formula is C62H45F6N15O8S2. The third-order valence-electron chi connectivity index (χ3n) is 14.3. The quantitative estimate of drug-likeness (QED) is 0.0671. The number of nitrogens with one attached hydrogen (secondary N) is 2. The number of benzene rings is 4. The van der Waals surface area contributed by atoms with Crippen LogP contribution in [0.15, 0.2) is 213 Å². The molecule has 2 aliphatic heterocycles. The summed E-state index contributed by atoms with van der Waals surface area (Å²) in [4.78, 5) is 59.8. The van der Waals surface area contributed by atoms with Crippen LogP contribution in [0.3, 0.4) is 0 Å². The number of Topliss-reactive ketones (excluding diaryl/α,β-unsaturated/α-hetero) is 1. The molecule has 10 heterocycles. The minimum Gasteiger partial charge on any atom is -0.443 e. The van der Waals surface area contributed by atoms with Crippen LogP contribution >= 0.6 is 11.8 Å². The lowest BCUT2D eigenvalue weighted by molar-refractivity contribution is -0.115. The highest BCUT2D eigenvalue weighted by atomic mass is 32.2. The molecule has 31 heteroatoms. The van der Waals surface area contributed by atoms with Gasteiger partial charge in [0.1, 0.15) is 70.4 Å². The minimum atomic E-state index is -3.91. The summed E-state index contributed by atoms with van der Waals surface area (Å²) < 4.78 is 129. The zero-order chi connectivity index (χ0) is 64.8. The third-order valence-corrected chi connectivity index (χ3v) is 17.2. The van der Waals surface area contributed by atoms with Crippen LogP contribution in [-0.2, 0) is 34.5 Å². The molecule has 2 N–H and O–H groups in total. The number of aromatic nitrogens is 13. The molecule has 0 aliphatic carbocycles. The fraction of sp³-hybridized carbons (Fsp3) is 0.129. The number of rotatable bonds is 16.